The van der Waals surface area contributed by atoms with Gasteiger partial charge in [0.05, 0.1) is 0 Å². The molecule has 2 atom stereocenters. The second kappa shape index (κ2) is 4.16. The second-order valence-corrected chi connectivity index (χ2v) is 5.77. The van der Waals surface area contributed by atoms with Gasteiger partial charge in [0.15, 0.2) is 0 Å². The van der Waals surface area contributed by atoms with Crippen LogP contribution in [-0.4, -0.2) is 8.75 Å². The maximum absolute atomic E-state index is 3.67. The van der Waals surface area contributed by atoms with Crippen molar-refractivity contribution in [2.75, 3.05) is 0 Å². The first kappa shape index (κ1) is 8.31. The van der Waals surface area contributed by atoms with E-state index in [9.17, 15) is 0 Å². The number of alkyl halides is 2. The predicted molar refractivity (Wildman–Crippen MR) is 53.6 cm³/mol. The van der Waals surface area contributed by atoms with Gasteiger partial charge in [0.1, 0.15) is 0 Å². The fourth-order valence-corrected chi connectivity index (χ4v) is 3.77. The molecule has 0 aromatic carbocycles. The normalized spacial score (nSPS) is 38.0. The van der Waals surface area contributed by atoms with Crippen molar-refractivity contribution in [1.29, 1.82) is 0 Å². The number of hydrogen-bond donors (Lipinski definition) is 0. The number of halogens is 2. The van der Waals surface area contributed by atoms with Crippen LogP contribution in [0.3, 0.4) is 0 Å². The van der Waals surface area contributed by atoms with Gasteiger partial charge in [-0.25, -0.2) is 0 Å². The van der Waals surface area contributed by atoms with Crippen molar-refractivity contribution in [3.05, 3.63) is 0 Å². The van der Waals surface area contributed by atoms with Crippen LogP contribution in [-0.2, 0) is 0 Å². The van der Waals surface area contributed by atoms with Crippen LogP contribution in [0.5, 0.6) is 0 Å². The molecule has 1 aliphatic rings. The summed E-state index contributed by atoms with van der Waals surface area (Å²) in [5.41, 5.74) is 0. The van der Waals surface area contributed by atoms with E-state index in [-0.39, 0.29) is 0 Å². The summed E-state index contributed by atoms with van der Waals surface area (Å²) >= 11 is 6.24. The third-order valence-corrected chi connectivity index (χ3v) is 3.76. The first-order valence-electron chi connectivity index (χ1n) is 3.57. The Hall–Kier alpha value is 1.21. The first-order chi connectivity index (χ1) is 4.29. The van der Waals surface area contributed by atoms with Crippen molar-refractivity contribution in [3.8, 4) is 0 Å². The lowest BCUT2D eigenvalue weighted by Gasteiger charge is -2.06. The summed E-state index contributed by atoms with van der Waals surface area (Å²) in [5, 5.41) is 0. The smallest absolute Gasteiger partial charge is 0.0155 e. The zero-order chi connectivity index (χ0) is 6.69. The molecule has 1 saturated carbocycles. The highest BCUT2D eigenvalue weighted by Gasteiger charge is 2.14. The molecule has 0 N–H and O–H groups in total. The molecule has 0 nitrogen and oxygen atoms in total. The summed E-state index contributed by atoms with van der Waals surface area (Å²) in [7, 11) is 0. The average molecular weight is 303 g/mol. The summed E-state index contributed by atoms with van der Waals surface area (Å²) in [6, 6.07) is 0. The number of hydrogen-bond acceptors (Lipinski definition) is 0. The maximum Gasteiger partial charge on any atom is 0.0155 e. The van der Waals surface area contributed by atoms with E-state index in [1.807, 2.05) is 0 Å². The molecule has 9 heavy (non-hydrogen) atoms. The van der Waals surface area contributed by atoms with E-state index in [4.69, 9.17) is 0 Å². The van der Waals surface area contributed by atoms with Crippen molar-refractivity contribution in [2.24, 2.45) is 0 Å². The Morgan fingerprint density at radius 1 is 1.22 bits per heavy atom. The summed E-state index contributed by atoms with van der Waals surface area (Å²) < 4.78 is 0.925. The molecule has 0 heterocycles. The van der Waals surface area contributed by atoms with Gasteiger partial charge in [0.2, 0.25) is 0 Å². The molecule has 54 valence electrons. The number of rotatable bonds is 0. The third kappa shape index (κ3) is 3.21. The Labute approximate surface area is 79.1 Å². The van der Waals surface area contributed by atoms with Crippen LogP contribution in [0.15, 0.2) is 0 Å². The van der Waals surface area contributed by atoms with Crippen LogP contribution in [0.2, 0.25) is 0 Å². The van der Waals surface area contributed by atoms with Crippen molar-refractivity contribution < 1.29 is 0 Å². The van der Waals surface area contributed by atoms with Gasteiger partial charge in [-0.05, 0) is 19.3 Å². The Balaban J connectivity index is 2.29. The lowest BCUT2D eigenvalue weighted by molar-refractivity contribution is 0.714. The summed E-state index contributed by atoms with van der Waals surface area (Å²) in [5.74, 6) is 0. The van der Waals surface area contributed by atoms with Crippen LogP contribution < -0.4 is 0 Å². The van der Waals surface area contributed by atoms with Crippen LogP contribution in [0.1, 0.15) is 32.1 Å². The molecule has 1 rings (SSSR count). The van der Waals surface area contributed by atoms with Crippen molar-refractivity contribution in [3.63, 3.8) is 0 Å². The van der Waals surface area contributed by atoms with Gasteiger partial charge >= 0.3 is 0 Å². The molecular weight excluding hydrogens is 291 g/mol. The predicted octanol–water partition coefficient (Wildman–Crippen LogP) is 3.52. The van der Waals surface area contributed by atoms with Gasteiger partial charge in [0, 0.05) is 8.75 Å². The minimum absolute atomic E-state index is 0.807. The average Bonchev–Trinajstić information content (AvgIpc) is 1.93. The highest BCUT2D eigenvalue weighted by Crippen LogP contribution is 2.27. The summed E-state index contributed by atoms with van der Waals surface area (Å²) in [6.45, 7) is 0. The molecule has 2 unspecified atom stereocenters. The molecule has 0 saturated heterocycles. The highest BCUT2D eigenvalue weighted by atomic mass is 127. The SMILES string of the molecule is BrC1CCCCC(I)C1. The van der Waals surface area contributed by atoms with Gasteiger partial charge in [-0.2, -0.15) is 0 Å². The van der Waals surface area contributed by atoms with E-state index < -0.39 is 0 Å². The summed E-state index contributed by atoms with van der Waals surface area (Å²) in [6.07, 6.45) is 7.06. The summed E-state index contributed by atoms with van der Waals surface area (Å²) in [4.78, 5) is 0.807. The first-order valence-corrected chi connectivity index (χ1v) is 5.73. The van der Waals surface area contributed by atoms with Crippen molar-refractivity contribution in [2.45, 2.75) is 40.9 Å². The Morgan fingerprint density at radius 2 is 1.89 bits per heavy atom. The third-order valence-electron chi connectivity index (χ3n) is 1.80. The topological polar surface area (TPSA) is 0 Å². The Morgan fingerprint density at radius 3 is 2.67 bits per heavy atom. The minimum Gasteiger partial charge on any atom is -0.0890 e. The standard InChI is InChI=1S/C7H12BrI/c8-6-3-1-2-4-7(9)5-6/h6-7H,1-5H2. The van der Waals surface area contributed by atoms with E-state index in [1.165, 1.54) is 32.1 Å². The molecule has 0 radical (unpaired) electrons. The molecule has 0 aromatic heterocycles. The molecule has 0 aliphatic heterocycles. The Bertz CT molecular complexity index is 75.0. The van der Waals surface area contributed by atoms with E-state index in [1.54, 1.807) is 0 Å². The quantitative estimate of drug-likeness (QED) is 0.365. The van der Waals surface area contributed by atoms with E-state index in [0.29, 0.717) is 0 Å². The fraction of sp³-hybridized carbons (Fsp3) is 1.00. The van der Waals surface area contributed by atoms with Gasteiger partial charge < -0.3 is 0 Å². The molecule has 2 heteroatoms. The zero-order valence-electron chi connectivity index (χ0n) is 5.45. The maximum atomic E-state index is 3.67. The monoisotopic (exact) mass is 302 g/mol. The van der Waals surface area contributed by atoms with E-state index in [0.717, 1.165) is 8.75 Å². The van der Waals surface area contributed by atoms with Gasteiger partial charge in [-0.1, -0.05) is 51.4 Å². The van der Waals surface area contributed by atoms with E-state index in [2.05, 4.69) is 38.5 Å². The van der Waals surface area contributed by atoms with Gasteiger partial charge in [-0.3, -0.25) is 0 Å². The van der Waals surface area contributed by atoms with Crippen molar-refractivity contribution >= 4 is 38.5 Å². The molecule has 0 amide bonds. The van der Waals surface area contributed by atoms with Crippen molar-refractivity contribution in [1.82, 2.24) is 0 Å². The lowest BCUT2D eigenvalue weighted by atomic mass is 10.2. The zero-order valence-corrected chi connectivity index (χ0v) is 9.19. The molecule has 0 aromatic rings. The van der Waals surface area contributed by atoms with Crippen LogP contribution in [0.4, 0.5) is 0 Å². The van der Waals surface area contributed by atoms with E-state index >= 15 is 0 Å². The molecule has 1 fully saturated rings. The Kier molecular flexibility index (Phi) is 3.84. The molecular formula is C7H12BrI. The van der Waals surface area contributed by atoms with Crippen LogP contribution in [0, 0.1) is 0 Å². The second-order valence-electron chi connectivity index (χ2n) is 2.71. The highest BCUT2D eigenvalue weighted by molar-refractivity contribution is 14.1. The molecule has 1 aliphatic carbocycles. The minimum atomic E-state index is 0.807. The van der Waals surface area contributed by atoms with Crippen LogP contribution in [0.25, 0.3) is 0 Å². The largest absolute Gasteiger partial charge is 0.0890 e. The fourth-order valence-electron chi connectivity index (χ4n) is 1.24. The van der Waals surface area contributed by atoms with Crippen LogP contribution >= 0.6 is 38.5 Å². The van der Waals surface area contributed by atoms with Gasteiger partial charge in [0.25, 0.3) is 0 Å². The van der Waals surface area contributed by atoms with Gasteiger partial charge in [-0.15, -0.1) is 0 Å². The molecule has 0 spiro atoms. The molecule has 0 bridgehead atoms. The lowest BCUT2D eigenvalue weighted by Crippen LogP contribution is -2.02.